The van der Waals surface area contributed by atoms with Crippen LogP contribution in [0.15, 0.2) is 48.7 Å². The van der Waals surface area contributed by atoms with Gasteiger partial charge in [0, 0.05) is 18.8 Å². The highest BCUT2D eigenvalue weighted by Crippen LogP contribution is 2.14. The molecule has 0 amide bonds. The Morgan fingerprint density at radius 2 is 1.89 bits per heavy atom. The molecule has 2 rings (SSSR count). The molecule has 18 heavy (non-hydrogen) atoms. The second-order valence-corrected chi connectivity index (χ2v) is 4.52. The van der Waals surface area contributed by atoms with Crippen molar-refractivity contribution in [2.75, 3.05) is 0 Å². The zero-order chi connectivity index (χ0) is 12.8. The molecule has 0 saturated heterocycles. The molecular formula is C16H20N2. The fourth-order valence-electron chi connectivity index (χ4n) is 1.92. The number of pyridine rings is 1. The van der Waals surface area contributed by atoms with E-state index in [-0.39, 0.29) is 0 Å². The molecule has 0 fully saturated rings. The SMILES string of the molecule is CCc1ccc(C(C)NCc2ccccn2)cc1. The zero-order valence-electron chi connectivity index (χ0n) is 11.1. The van der Waals surface area contributed by atoms with Crippen LogP contribution in [-0.2, 0) is 13.0 Å². The van der Waals surface area contributed by atoms with Gasteiger partial charge in [0.05, 0.1) is 5.69 Å². The summed E-state index contributed by atoms with van der Waals surface area (Å²) in [5.74, 6) is 0. The summed E-state index contributed by atoms with van der Waals surface area (Å²) in [6.07, 6.45) is 2.92. The topological polar surface area (TPSA) is 24.9 Å². The minimum atomic E-state index is 0.345. The summed E-state index contributed by atoms with van der Waals surface area (Å²) in [5.41, 5.74) is 3.79. The summed E-state index contributed by atoms with van der Waals surface area (Å²) >= 11 is 0. The van der Waals surface area contributed by atoms with Crippen LogP contribution >= 0.6 is 0 Å². The lowest BCUT2D eigenvalue weighted by Gasteiger charge is -2.14. The summed E-state index contributed by atoms with van der Waals surface area (Å²) < 4.78 is 0. The fourth-order valence-corrected chi connectivity index (χ4v) is 1.92. The van der Waals surface area contributed by atoms with Gasteiger partial charge in [-0.25, -0.2) is 0 Å². The molecule has 1 unspecified atom stereocenters. The molecule has 2 heteroatoms. The number of benzene rings is 1. The van der Waals surface area contributed by atoms with Crippen molar-refractivity contribution >= 4 is 0 Å². The Labute approximate surface area is 109 Å². The molecule has 0 aliphatic heterocycles. The van der Waals surface area contributed by atoms with Gasteiger partial charge in [0.25, 0.3) is 0 Å². The highest BCUT2D eigenvalue weighted by molar-refractivity contribution is 5.24. The first-order chi connectivity index (χ1) is 8.79. The molecule has 0 aliphatic carbocycles. The Balaban J connectivity index is 1.93. The number of hydrogen-bond acceptors (Lipinski definition) is 2. The van der Waals surface area contributed by atoms with Gasteiger partial charge < -0.3 is 5.32 Å². The highest BCUT2D eigenvalue weighted by Gasteiger charge is 2.04. The van der Waals surface area contributed by atoms with Crippen LogP contribution in [0.25, 0.3) is 0 Å². The van der Waals surface area contributed by atoms with E-state index in [2.05, 4.69) is 48.4 Å². The summed E-state index contributed by atoms with van der Waals surface area (Å²) in [6, 6.07) is 15.2. The lowest BCUT2D eigenvalue weighted by molar-refractivity contribution is 0.567. The van der Waals surface area contributed by atoms with Gasteiger partial charge in [-0.1, -0.05) is 37.3 Å². The molecule has 94 valence electrons. The van der Waals surface area contributed by atoms with E-state index in [0.29, 0.717) is 6.04 Å². The third-order valence-corrected chi connectivity index (χ3v) is 3.20. The summed E-state index contributed by atoms with van der Waals surface area (Å²) in [4.78, 5) is 4.31. The van der Waals surface area contributed by atoms with Gasteiger partial charge in [0.1, 0.15) is 0 Å². The number of aryl methyl sites for hydroxylation is 1. The minimum absolute atomic E-state index is 0.345. The van der Waals surface area contributed by atoms with Gasteiger partial charge in [0.15, 0.2) is 0 Å². The van der Waals surface area contributed by atoms with Crippen LogP contribution in [0.2, 0.25) is 0 Å². The number of hydrogen-bond donors (Lipinski definition) is 1. The standard InChI is InChI=1S/C16H20N2/c1-3-14-7-9-15(10-8-14)13(2)18-12-16-6-4-5-11-17-16/h4-11,13,18H,3,12H2,1-2H3. The second kappa shape index (κ2) is 6.31. The molecule has 2 aromatic rings. The molecule has 1 heterocycles. The van der Waals surface area contributed by atoms with Crippen molar-refractivity contribution in [1.29, 1.82) is 0 Å². The summed E-state index contributed by atoms with van der Waals surface area (Å²) in [6.45, 7) is 5.17. The normalized spacial score (nSPS) is 12.3. The van der Waals surface area contributed by atoms with E-state index in [1.807, 2.05) is 24.4 Å². The van der Waals surface area contributed by atoms with Crippen molar-refractivity contribution in [2.24, 2.45) is 0 Å². The Kier molecular flexibility index (Phi) is 4.48. The van der Waals surface area contributed by atoms with Gasteiger partial charge in [-0.15, -0.1) is 0 Å². The van der Waals surface area contributed by atoms with E-state index >= 15 is 0 Å². The van der Waals surface area contributed by atoms with Gasteiger partial charge in [-0.05, 0) is 36.6 Å². The van der Waals surface area contributed by atoms with Crippen molar-refractivity contribution < 1.29 is 0 Å². The molecule has 1 aromatic heterocycles. The molecule has 0 spiro atoms. The van der Waals surface area contributed by atoms with Crippen LogP contribution in [0.5, 0.6) is 0 Å². The maximum atomic E-state index is 4.31. The Bertz CT molecular complexity index is 462. The lowest BCUT2D eigenvalue weighted by atomic mass is 10.0. The van der Waals surface area contributed by atoms with Crippen molar-refractivity contribution in [3.8, 4) is 0 Å². The van der Waals surface area contributed by atoms with Gasteiger partial charge >= 0.3 is 0 Å². The van der Waals surface area contributed by atoms with Crippen LogP contribution in [-0.4, -0.2) is 4.98 Å². The third-order valence-electron chi connectivity index (χ3n) is 3.20. The van der Waals surface area contributed by atoms with Crippen molar-refractivity contribution in [3.63, 3.8) is 0 Å². The van der Waals surface area contributed by atoms with E-state index in [0.717, 1.165) is 18.7 Å². The average molecular weight is 240 g/mol. The predicted molar refractivity (Wildman–Crippen MR) is 75.3 cm³/mol. The number of rotatable bonds is 5. The first-order valence-electron chi connectivity index (χ1n) is 6.51. The fraction of sp³-hybridized carbons (Fsp3) is 0.312. The average Bonchev–Trinajstić information content (AvgIpc) is 2.46. The number of aromatic nitrogens is 1. The summed E-state index contributed by atoms with van der Waals surface area (Å²) in [7, 11) is 0. The van der Waals surface area contributed by atoms with Crippen molar-refractivity contribution in [1.82, 2.24) is 10.3 Å². The molecule has 0 radical (unpaired) electrons. The van der Waals surface area contributed by atoms with E-state index in [9.17, 15) is 0 Å². The lowest BCUT2D eigenvalue weighted by Crippen LogP contribution is -2.18. The monoisotopic (exact) mass is 240 g/mol. The predicted octanol–water partition coefficient (Wildman–Crippen LogP) is 3.49. The van der Waals surface area contributed by atoms with Gasteiger partial charge in [-0.2, -0.15) is 0 Å². The highest BCUT2D eigenvalue weighted by atomic mass is 14.9. The third kappa shape index (κ3) is 3.41. The first-order valence-corrected chi connectivity index (χ1v) is 6.51. The van der Waals surface area contributed by atoms with Crippen LogP contribution < -0.4 is 5.32 Å². The maximum Gasteiger partial charge on any atom is 0.0541 e. The molecule has 1 atom stereocenters. The molecular weight excluding hydrogens is 220 g/mol. The van der Waals surface area contributed by atoms with Crippen LogP contribution in [0, 0.1) is 0 Å². The Morgan fingerprint density at radius 1 is 1.11 bits per heavy atom. The molecule has 2 nitrogen and oxygen atoms in total. The molecule has 1 aromatic carbocycles. The smallest absolute Gasteiger partial charge is 0.0541 e. The Morgan fingerprint density at radius 3 is 2.50 bits per heavy atom. The Hall–Kier alpha value is -1.67. The second-order valence-electron chi connectivity index (χ2n) is 4.52. The van der Waals surface area contributed by atoms with E-state index < -0.39 is 0 Å². The quantitative estimate of drug-likeness (QED) is 0.865. The molecule has 0 bridgehead atoms. The van der Waals surface area contributed by atoms with E-state index in [4.69, 9.17) is 0 Å². The number of nitrogens with zero attached hydrogens (tertiary/aromatic N) is 1. The van der Waals surface area contributed by atoms with Crippen LogP contribution in [0.1, 0.15) is 36.7 Å². The van der Waals surface area contributed by atoms with Crippen molar-refractivity contribution in [3.05, 3.63) is 65.5 Å². The van der Waals surface area contributed by atoms with E-state index in [1.165, 1.54) is 11.1 Å². The van der Waals surface area contributed by atoms with Gasteiger partial charge in [-0.3, -0.25) is 4.98 Å². The molecule has 0 aliphatic rings. The van der Waals surface area contributed by atoms with Crippen LogP contribution in [0.4, 0.5) is 0 Å². The molecule has 0 saturated carbocycles. The maximum absolute atomic E-state index is 4.31. The molecule has 1 N–H and O–H groups in total. The summed E-state index contributed by atoms with van der Waals surface area (Å²) in [5, 5.41) is 3.49. The number of nitrogens with one attached hydrogen (secondary N) is 1. The van der Waals surface area contributed by atoms with Crippen LogP contribution in [0.3, 0.4) is 0 Å². The first kappa shape index (κ1) is 12.8. The zero-order valence-corrected chi connectivity index (χ0v) is 11.1. The van der Waals surface area contributed by atoms with Gasteiger partial charge in [0.2, 0.25) is 0 Å². The largest absolute Gasteiger partial charge is 0.305 e. The van der Waals surface area contributed by atoms with E-state index in [1.54, 1.807) is 0 Å². The minimum Gasteiger partial charge on any atom is -0.305 e. The van der Waals surface area contributed by atoms with Crippen molar-refractivity contribution in [2.45, 2.75) is 32.9 Å².